The molecule has 5 nitrogen and oxygen atoms in total. The van der Waals surface area contributed by atoms with Crippen molar-refractivity contribution in [1.29, 1.82) is 0 Å². The zero-order valence-corrected chi connectivity index (χ0v) is 12.0. The summed E-state index contributed by atoms with van der Waals surface area (Å²) in [5.74, 6) is 1.96. The van der Waals surface area contributed by atoms with Crippen molar-refractivity contribution in [3.05, 3.63) is 35.5 Å². The molecule has 0 spiro atoms. The van der Waals surface area contributed by atoms with Crippen molar-refractivity contribution in [3.8, 4) is 11.5 Å². The Morgan fingerprint density at radius 2 is 2.45 bits per heavy atom. The topological polar surface area (TPSA) is 59.6 Å². The molecule has 3 rings (SSSR count). The molecule has 1 aromatic rings. The summed E-state index contributed by atoms with van der Waals surface area (Å²) in [6, 6.07) is 5.57. The predicted molar refractivity (Wildman–Crippen MR) is 77.7 cm³/mol. The first-order valence-corrected chi connectivity index (χ1v) is 7.83. The number of hydrogen-bond acceptors (Lipinski definition) is 6. The molecule has 0 bridgehead atoms. The van der Waals surface area contributed by atoms with Crippen molar-refractivity contribution in [1.82, 2.24) is 10.9 Å². The average molecular weight is 292 g/mol. The molecular formula is C14H16N2O3S. The van der Waals surface area contributed by atoms with Gasteiger partial charge in [0.25, 0.3) is 0 Å². The summed E-state index contributed by atoms with van der Waals surface area (Å²) < 4.78 is 11.0. The minimum atomic E-state index is -0.204. The minimum Gasteiger partial charge on any atom is -0.489 e. The van der Waals surface area contributed by atoms with Crippen molar-refractivity contribution in [2.75, 3.05) is 18.6 Å². The van der Waals surface area contributed by atoms with Gasteiger partial charge in [0, 0.05) is 23.1 Å². The Morgan fingerprint density at radius 3 is 3.30 bits per heavy atom. The second-order valence-electron chi connectivity index (χ2n) is 4.65. The Balaban J connectivity index is 1.77. The van der Waals surface area contributed by atoms with Gasteiger partial charge < -0.3 is 14.9 Å². The van der Waals surface area contributed by atoms with Gasteiger partial charge in [0.2, 0.25) is 0 Å². The summed E-state index contributed by atoms with van der Waals surface area (Å²) in [6.07, 6.45) is 4.30. The smallest absolute Gasteiger partial charge is 0.312 e. The Hall–Kier alpha value is -1.66. The van der Waals surface area contributed by atoms with E-state index in [9.17, 15) is 4.79 Å². The monoisotopic (exact) mass is 292 g/mol. The molecule has 0 saturated heterocycles. The van der Waals surface area contributed by atoms with Gasteiger partial charge in [-0.15, -0.1) is 0 Å². The molecule has 2 heterocycles. The summed E-state index contributed by atoms with van der Waals surface area (Å²) in [6.45, 7) is 0.574. The number of hydrazine groups is 1. The van der Waals surface area contributed by atoms with Crippen LogP contribution < -0.4 is 20.3 Å². The summed E-state index contributed by atoms with van der Waals surface area (Å²) in [5, 5.41) is 0. The van der Waals surface area contributed by atoms with E-state index in [1.54, 1.807) is 17.8 Å². The van der Waals surface area contributed by atoms with Gasteiger partial charge in [0.05, 0.1) is 12.5 Å². The van der Waals surface area contributed by atoms with E-state index in [0.29, 0.717) is 18.8 Å². The number of ether oxygens (including phenoxy) is 2. The Labute approximate surface area is 121 Å². The van der Waals surface area contributed by atoms with E-state index >= 15 is 0 Å². The molecule has 20 heavy (non-hydrogen) atoms. The lowest BCUT2D eigenvalue weighted by Gasteiger charge is -2.25. The maximum Gasteiger partial charge on any atom is 0.312 e. The third-order valence-corrected chi connectivity index (χ3v) is 3.90. The molecule has 1 aromatic carbocycles. The van der Waals surface area contributed by atoms with Crippen LogP contribution in [0.5, 0.6) is 11.5 Å². The molecule has 1 atom stereocenters. The van der Waals surface area contributed by atoms with Gasteiger partial charge in [-0.1, -0.05) is 0 Å². The molecule has 0 radical (unpaired) electrons. The van der Waals surface area contributed by atoms with Crippen LogP contribution in [0.4, 0.5) is 0 Å². The first-order chi connectivity index (χ1) is 9.78. The number of fused-ring (bicyclic) bond motifs is 3. The molecular weight excluding hydrogens is 276 g/mol. The Kier molecular flexibility index (Phi) is 3.84. The SMILES string of the molecule is CSCCC(=O)Oc1ccc2c(c1)C1NNC=C1CO2. The third-order valence-electron chi connectivity index (χ3n) is 3.28. The van der Waals surface area contributed by atoms with Gasteiger partial charge in [0.15, 0.2) is 0 Å². The van der Waals surface area contributed by atoms with Crippen LogP contribution in [0.2, 0.25) is 0 Å². The van der Waals surface area contributed by atoms with Gasteiger partial charge in [0.1, 0.15) is 18.1 Å². The van der Waals surface area contributed by atoms with Crippen LogP contribution in [0, 0.1) is 0 Å². The van der Waals surface area contributed by atoms with Gasteiger partial charge in [-0.25, -0.2) is 5.43 Å². The van der Waals surface area contributed by atoms with Crippen molar-refractivity contribution >= 4 is 17.7 Å². The molecule has 0 aliphatic carbocycles. The van der Waals surface area contributed by atoms with Crippen LogP contribution in [0.25, 0.3) is 0 Å². The Bertz CT molecular complexity index is 559. The summed E-state index contributed by atoms with van der Waals surface area (Å²) in [4.78, 5) is 11.7. The standard InChI is InChI=1S/C14H16N2O3S/c1-20-5-4-13(17)19-10-2-3-12-11(6-10)14-9(8-18-12)7-15-16-14/h2-3,6-7,14-16H,4-5,8H2,1H3. The quantitative estimate of drug-likeness (QED) is 0.651. The normalized spacial score (nSPS) is 19.2. The number of benzene rings is 1. The number of esters is 1. The second kappa shape index (κ2) is 5.76. The molecule has 106 valence electrons. The fourth-order valence-corrected chi connectivity index (χ4v) is 2.64. The third kappa shape index (κ3) is 2.62. The highest BCUT2D eigenvalue weighted by molar-refractivity contribution is 7.98. The minimum absolute atomic E-state index is 0.0867. The summed E-state index contributed by atoms with van der Waals surface area (Å²) in [7, 11) is 0. The first kappa shape index (κ1) is 13.3. The van der Waals surface area contributed by atoms with E-state index < -0.39 is 0 Å². The Morgan fingerprint density at radius 1 is 1.55 bits per heavy atom. The van der Waals surface area contributed by atoms with Crippen LogP contribution in [-0.4, -0.2) is 24.6 Å². The molecule has 0 fully saturated rings. The number of carbonyl (C=O) groups excluding carboxylic acids is 1. The lowest BCUT2D eigenvalue weighted by molar-refractivity contribution is -0.133. The first-order valence-electron chi connectivity index (χ1n) is 6.44. The molecule has 2 aliphatic heterocycles. The molecule has 2 N–H and O–H groups in total. The number of hydrogen-bond donors (Lipinski definition) is 2. The van der Waals surface area contributed by atoms with Crippen LogP contribution in [0.1, 0.15) is 18.0 Å². The van der Waals surface area contributed by atoms with E-state index in [0.717, 1.165) is 22.6 Å². The van der Waals surface area contributed by atoms with E-state index in [2.05, 4.69) is 10.9 Å². The van der Waals surface area contributed by atoms with Gasteiger partial charge in [-0.2, -0.15) is 11.8 Å². The van der Waals surface area contributed by atoms with Gasteiger partial charge in [-0.3, -0.25) is 4.79 Å². The van der Waals surface area contributed by atoms with Crippen molar-refractivity contribution < 1.29 is 14.3 Å². The maximum absolute atomic E-state index is 11.7. The lowest BCUT2D eigenvalue weighted by atomic mass is 9.98. The highest BCUT2D eigenvalue weighted by atomic mass is 32.2. The highest BCUT2D eigenvalue weighted by Gasteiger charge is 2.29. The number of rotatable bonds is 4. The number of carbonyl (C=O) groups is 1. The molecule has 0 amide bonds. The van der Waals surface area contributed by atoms with Crippen LogP contribution in [0.15, 0.2) is 30.0 Å². The van der Waals surface area contributed by atoms with E-state index in [1.807, 2.05) is 24.6 Å². The maximum atomic E-state index is 11.7. The molecule has 6 heteroatoms. The largest absolute Gasteiger partial charge is 0.489 e. The molecule has 0 aromatic heterocycles. The van der Waals surface area contributed by atoms with Crippen molar-refractivity contribution in [3.63, 3.8) is 0 Å². The zero-order chi connectivity index (χ0) is 13.9. The van der Waals surface area contributed by atoms with Crippen LogP contribution >= 0.6 is 11.8 Å². The van der Waals surface area contributed by atoms with Crippen molar-refractivity contribution in [2.24, 2.45) is 0 Å². The van der Waals surface area contributed by atoms with Crippen molar-refractivity contribution in [2.45, 2.75) is 12.5 Å². The average Bonchev–Trinajstić information content (AvgIpc) is 2.94. The summed E-state index contributed by atoms with van der Waals surface area (Å²) >= 11 is 1.63. The van der Waals surface area contributed by atoms with E-state index in [4.69, 9.17) is 9.47 Å². The second-order valence-corrected chi connectivity index (χ2v) is 5.63. The van der Waals surface area contributed by atoms with E-state index in [1.165, 1.54) is 0 Å². The highest BCUT2D eigenvalue weighted by Crippen LogP contribution is 2.38. The van der Waals surface area contributed by atoms with E-state index in [-0.39, 0.29) is 12.0 Å². The molecule has 1 unspecified atom stereocenters. The van der Waals surface area contributed by atoms with Gasteiger partial charge in [-0.05, 0) is 24.5 Å². The fraction of sp³-hybridized carbons (Fsp3) is 0.357. The fourth-order valence-electron chi connectivity index (χ4n) is 2.27. The molecule has 0 saturated carbocycles. The number of nitrogens with one attached hydrogen (secondary N) is 2. The van der Waals surface area contributed by atoms with Crippen LogP contribution in [0.3, 0.4) is 0 Å². The van der Waals surface area contributed by atoms with Gasteiger partial charge >= 0.3 is 5.97 Å². The predicted octanol–water partition coefficient (Wildman–Crippen LogP) is 1.77. The summed E-state index contributed by atoms with van der Waals surface area (Å²) in [5.41, 5.74) is 8.28. The lowest BCUT2D eigenvalue weighted by Crippen LogP contribution is -2.28. The number of thioether (sulfide) groups is 1. The molecule has 2 aliphatic rings. The zero-order valence-electron chi connectivity index (χ0n) is 11.1. The van der Waals surface area contributed by atoms with Crippen LogP contribution in [-0.2, 0) is 4.79 Å².